The molecular formula is C26H33ClN6O3. The first-order chi connectivity index (χ1) is 17.3. The number of piperazine rings is 1. The van der Waals surface area contributed by atoms with Crippen molar-refractivity contribution in [2.24, 2.45) is 0 Å². The summed E-state index contributed by atoms with van der Waals surface area (Å²) in [6.45, 7) is 7.24. The van der Waals surface area contributed by atoms with Crippen LogP contribution in [0.3, 0.4) is 0 Å². The Bertz CT molecular complexity index is 1180. The number of rotatable bonds is 8. The van der Waals surface area contributed by atoms with Gasteiger partial charge in [-0.3, -0.25) is 4.98 Å². The predicted molar refractivity (Wildman–Crippen MR) is 140 cm³/mol. The van der Waals surface area contributed by atoms with Gasteiger partial charge in [0, 0.05) is 74.9 Å². The van der Waals surface area contributed by atoms with Gasteiger partial charge in [-0.15, -0.1) is 0 Å². The number of urea groups is 1. The zero-order valence-electron chi connectivity index (χ0n) is 20.8. The number of aromatic amines is 1. The van der Waals surface area contributed by atoms with Gasteiger partial charge in [0.2, 0.25) is 0 Å². The minimum Gasteiger partial charge on any atom is -0.506 e. The number of hydrogen-bond donors (Lipinski definition) is 4. The minimum atomic E-state index is -0.500. The molecular weight excluding hydrogens is 480 g/mol. The van der Waals surface area contributed by atoms with Gasteiger partial charge in [-0.1, -0.05) is 31.5 Å². The number of ether oxygens (including phenoxy) is 1. The number of methoxy groups -OCH3 is 1. The third-order valence-electron chi connectivity index (χ3n) is 6.48. The Kier molecular flexibility index (Phi) is 8.13. The number of pyridine rings is 1. The lowest BCUT2D eigenvalue weighted by atomic mass is 9.92. The first-order valence-corrected chi connectivity index (χ1v) is 12.4. The fourth-order valence-electron chi connectivity index (χ4n) is 4.31. The summed E-state index contributed by atoms with van der Waals surface area (Å²) in [4.78, 5) is 27.5. The molecule has 2 amide bonds. The second kappa shape index (κ2) is 11.3. The van der Waals surface area contributed by atoms with Gasteiger partial charge in [-0.05, 0) is 30.7 Å². The molecule has 1 aliphatic heterocycles. The largest absolute Gasteiger partial charge is 0.506 e. The smallest absolute Gasteiger partial charge is 0.317 e. The molecule has 192 valence electrons. The molecule has 0 spiro atoms. The number of carbonyl (C=O) groups excluding carboxylic acids is 1. The van der Waals surface area contributed by atoms with Gasteiger partial charge >= 0.3 is 6.03 Å². The number of phenolic OH excluding ortho intramolecular Hbond substituents is 1. The van der Waals surface area contributed by atoms with Crippen LogP contribution in [0.1, 0.15) is 26.1 Å². The minimum absolute atomic E-state index is 0.00929. The first kappa shape index (κ1) is 25.9. The highest BCUT2D eigenvalue weighted by Crippen LogP contribution is 2.36. The van der Waals surface area contributed by atoms with Crippen LogP contribution in [-0.2, 0) is 10.2 Å². The third-order valence-corrected chi connectivity index (χ3v) is 6.80. The van der Waals surface area contributed by atoms with E-state index < -0.39 is 5.41 Å². The number of carbonyl (C=O) groups is 1. The number of aromatic hydroxyl groups is 1. The first-order valence-electron chi connectivity index (χ1n) is 12.0. The Balaban J connectivity index is 1.58. The van der Waals surface area contributed by atoms with Gasteiger partial charge in [-0.25, -0.2) is 9.78 Å². The Hall–Kier alpha value is -3.14. The molecule has 10 heteroatoms. The highest BCUT2D eigenvalue weighted by atomic mass is 35.5. The summed E-state index contributed by atoms with van der Waals surface area (Å²) >= 11 is 6.03. The van der Waals surface area contributed by atoms with E-state index in [1.807, 2.05) is 36.9 Å². The van der Waals surface area contributed by atoms with Crippen LogP contribution in [-0.4, -0.2) is 76.9 Å². The van der Waals surface area contributed by atoms with Crippen molar-refractivity contribution in [3.05, 3.63) is 53.6 Å². The third kappa shape index (κ3) is 5.80. The van der Waals surface area contributed by atoms with Gasteiger partial charge in [0.05, 0.1) is 16.4 Å². The van der Waals surface area contributed by atoms with Crippen LogP contribution < -0.4 is 10.6 Å². The van der Waals surface area contributed by atoms with Gasteiger partial charge in [-0.2, -0.15) is 0 Å². The topological polar surface area (TPSA) is 115 Å². The van der Waals surface area contributed by atoms with Gasteiger partial charge in [0.25, 0.3) is 0 Å². The molecule has 1 unspecified atom stereocenters. The van der Waals surface area contributed by atoms with Crippen molar-refractivity contribution >= 4 is 17.6 Å². The zero-order chi connectivity index (χ0) is 25.7. The standard InChI is InChI=1S/C26H33ClN6O3/c1-26(2,16-30-25(35)33-12-11-29-15-19(33)8-13-36-3)24-31-22(17-6-9-28-10-7-17)23(32-24)18-4-5-20(27)21(34)14-18/h4-7,9-10,14,19,29,34H,8,11-13,15-16H2,1-3H3,(H,30,35)(H,31,32). The lowest BCUT2D eigenvalue weighted by Crippen LogP contribution is -2.57. The Morgan fingerprint density at radius 2 is 2.06 bits per heavy atom. The molecule has 36 heavy (non-hydrogen) atoms. The lowest BCUT2D eigenvalue weighted by Gasteiger charge is -2.37. The summed E-state index contributed by atoms with van der Waals surface area (Å²) in [6, 6.07) is 8.88. The summed E-state index contributed by atoms with van der Waals surface area (Å²) in [5, 5.41) is 16.9. The number of halogens is 1. The van der Waals surface area contributed by atoms with Gasteiger partial charge < -0.3 is 30.4 Å². The quantitative estimate of drug-likeness (QED) is 0.365. The molecule has 0 aliphatic carbocycles. The van der Waals surface area contributed by atoms with E-state index in [4.69, 9.17) is 21.3 Å². The van der Waals surface area contributed by atoms with Crippen LogP contribution in [0.15, 0.2) is 42.7 Å². The SMILES string of the molecule is COCCC1CNCCN1C(=O)NCC(C)(C)c1nc(-c2ccc(Cl)c(O)c2)c(-c2ccncc2)[nH]1. The summed E-state index contributed by atoms with van der Waals surface area (Å²) in [5.41, 5.74) is 2.63. The molecule has 0 radical (unpaired) electrons. The van der Waals surface area contributed by atoms with E-state index in [0.29, 0.717) is 25.4 Å². The number of benzene rings is 1. The van der Waals surface area contributed by atoms with Crippen LogP contribution >= 0.6 is 11.6 Å². The van der Waals surface area contributed by atoms with Crippen molar-refractivity contribution in [3.8, 4) is 28.3 Å². The van der Waals surface area contributed by atoms with Crippen molar-refractivity contribution in [1.29, 1.82) is 0 Å². The number of hydrogen-bond acceptors (Lipinski definition) is 6. The summed E-state index contributed by atoms with van der Waals surface area (Å²) < 4.78 is 5.22. The van der Waals surface area contributed by atoms with Crippen LogP contribution in [0, 0.1) is 0 Å². The van der Waals surface area contributed by atoms with Crippen molar-refractivity contribution < 1.29 is 14.6 Å². The van der Waals surface area contributed by atoms with E-state index in [0.717, 1.165) is 42.2 Å². The normalized spacial score (nSPS) is 16.2. The van der Waals surface area contributed by atoms with E-state index in [1.54, 1.807) is 31.6 Å². The number of amides is 2. The van der Waals surface area contributed by atoms with Crippen LogP contribution in [0.2, 0.25) is 5.02 Å². The molecule has 4 N–H and O–H groups in total. The van der Waals surface area contributed by atoms with E-state index >= 15 is 0 Å². The van der Waals surface area contributed by atoms with Crippen molar-refractivity contribution in [1.82, 2.24) is 30.5 Å². The molecule has 3 heterocycles. The van der Waals surface area contributed by atoms with E-state index in [-0.39, 0.29) is 22.8 Å². The van der Waals surface area contributed by atoms with Crippen molar-refractivity contribution in [2.75, 3.05) is 39.9 Å². The molecule has 1 saturated heterocycles. The van der Waals surface area contributed by atoms with Crippen LogP contribution in [0.25, 0.3) is 22.5 Å². The van der Waals surface area contributed by atoms with E-state index in [1.165, 1.54) is 0 Å². The van der Waals surface area contributed by atoms with Gasteiger partial charge in [0.1, 0.15) is 11.6 Å². The van der Waals surface area contributed by atoms with E-state index in [9.17, 15) is 9.90 Å². The van der Waals surface area contributed by atoms with Crippen LogP contribution in [0.5, 0.6) is 5.75 Å². The highest BCUT2D eigenvalue weighted by Gasteiger charge is 2.31. The maximum absolute atomic E-state index is 13.1. The Morgan fingerprint density at radius 1 is 1.28 bits per heavy atom. The second-order valence-electron chi connectivity index (χ2n) is 9.59. The fraction of sp³-hybridized carbons (Fsp3) is 0.423. The van der Waals surface area contributed by atoms with Crippen molar-refractivity contribution in [2.45, 2.75) is 31.7 Å². The van der Waals surface area contributed by atoms with Gasteiger partial charge in [0.15, 0.2) is 0 Å². The summed E-state index contributed by atoms with van der Waals surface area (Å²) in [5.74, 6) is 0.709. The number of H-pyrrole nitrogens is 1. The molecule has 1 fully saturated rings. The Morgan fingerprint density at radius 3 is 2.78 bits per heavy atom. The number of aromatic nitrogens is 3. The molecule has 2 aromatic heterocycles. The summed E-state index contributed by atoms with van der Waals surface area (Å²) in [7, 11) is 1.67. The molecule has 1 aromatic carbocycles. The average Bonchev–Trinajstić information content (AvgIpc) is 3.35. The number of imidazole rings is 1. The molecule has 9 nitrogen and oxygen atoms in total. The molecule has 4 rings (SSSR count). The zero-order valence-corrected chi connectivity index (χ0v) is 21.6. The summed E-state index contributed by atoms with van der Waals surface area (Å²) in [6.07, 6.45) is 4.22. The molecule has 3 aromatic rings. The molecule has 0 bridgehead atoms. The molecule has 1 atom stereocenters. The maximum Gasteiger partial charge on any atom is 0.317 e. The number of nitrogens with zero attached hydrogens (tertiary/aromatic N) is 3. The van der Waals surface area contributed by atoms with Crippen molar-refractivity contribution in [3.63, 3.8) is 0 Å². The highest BCUT2D eigenvalue weighted by molar-refractivity contribution is 6.32. The second-order valence-corrected chi connectivity index (χ2v) is 9.99. The number of phenols is 1. The average molecular weight is 513 g/mol. The lowest BCUT2D eigenvalue weighted by molar-refractivity contribution is 0.122. The predicted octanol–water partition coefficient (Wildman–Crippen LogP) is 3.80. The number of nitrogens with one attached hydrogen (secondary N) is 3. The maximum atomic E-state index is 13.1. The van der Waals surface area contributed by atoms with E-state index in [2.05, 4.69) is 20.6 Å². The fourth-order valence-corrected chi connectivity index (χ4v) is 4.43. The van der Waals surface area contributed by atoms with Crippen LogP contribution in [0.4, 0.5) is 4.79 Å². The molecule has 0 saturated carbocycles. The Labute approximate surface area is 216 Å². The monoisotopic (exact) mass is 512 g/mol. The molecule has 1 aliphatic rings.